The molecule has 2 aliphatic heterocycles. The van der Waals surface area contributed by atoms with E-state index in [1.807, 2.05) is 0 Å². The molecule has 0 aliphatic carbocycles. The first-order chi connectivity index (χ1) is 12.2. The summed E-state index contributed by atoms with van der Waals surface area (Å²) >= 11 is 0. The number of carbonyl (C=O) groups excluding carboxylic acids is 1. The fourth-order valence-corrected chi connectivity index (χ4v) is 3.25. The van der Waals surface area contributed by atoms with Crippen LogP contribution in [0.15, 0.2) is 24.3 Å². The third-order valence-corrected chi connectivity index (χ3v) is 4.47. The maximum absolute atomic E-state index is 13.0. The largest absolute Gasteiger partial charge is 0.375 e. The molecule has 2 aliphatic rings. The standard InChI is InChI=1S/C16H18FN5O3/c17-10-1-3-11(4-2-10)22-15(19-20-21-22)9-18-16(23)8-12-7-14-13(25-12)5-6-24-14/h1-4,12-14H,5-9H2,(H,18,23). The Hall–Kier alpha value is -2.39. The van der Waals surface area contributed by atoms with E-state index in [9.17, 15) is 9.18 Å². The highest BCUT2D eigenvalue weighted by Gasteiger charge is 2.40. The first kappa shape index (κ1) is 16.1. The van der Waals surface area contributed by atoms with Crippen molar-refractivity contribution < 1.29 is 18.7 Å². The zero-order chi connectivity index (χ0) is 17.2. The molecule has 4 rings (SSSR count). The van der Waals surface area contributed by atoms with Gasteiger partial charge in [-0.1, -0.05) is 0 Å². The lowest BCUT2D eigenvalue weighted by Crippen LogP contribution is -2.28. The number of halogens is 1. The first-order valence-electron chi connectivity index (χ1n) is 8.26. The van der Waals surface area contributed by atoms with Gasteiger partial charge in [-0.3, -0.25) is 4.79 Å². The molecule has 3 heterocycles. The average molecular weight is 347 g/mol. The van der Waals surface area contributed by atoms with Crippen LogP contribution in [0.1, 0.15) is 25.1 Å². The average Bonchev–Trinajstić information content (AvgIpc) is 3.29. The van der Waals surface area contributed by atoms with Gasteiger partial charge in [0.2, 0.25) is 5.91 Å². The van der Waals surface area contributed by atoms with E-state index >= 15 is 0 Å². The Labute approximate surface area is 143 Å². The van der Waals surface area contributed by atoms with Gasteiger partial charge in [-0.05, 0) is 41.1 Å². The molecule has 25 heavy (non-hydrogen) atoms. The van der Waals surface area contributed by atoms with E-state index in [0.29, 0.717) is 11.5 Å². The molecule has 3 atom stereocenters. The van der Waals surface area contributed by atoms with E-state index in [1.165, 1.54) is 16.8 Å². The molecule has 2 fully saturated rings. The zero-order valence-electron chi connectivity index (χ0n) is 13.5. The van der Waals surface area contributed by atoms with E-state index in [4.69, 9.17) is 9.47 Å². The SMILES string of the molecule is O=C(CC1CC2OCCC2O1)NCc1nnnn1-c1ccc(F)cc1. The molecule has 1 aromatic heterocycles. The van der Waals surface area contributed by atoms with E-state index in [-0.39, 0.29) is 43.0 Å². The van der Waals surface area contributed by atoms with Gasteiger partial charge in [0, 0.05) is 13.0 Å². The van der Waals surface area contributed by atoms with E-state index in [0.717, 1.165) is 19.4 Å². The Morgan fingerprint density at radius 1 is 1.32 bits per heavy atom. The summed E-state index contributed by atoms with van der Waals surface area (Å²) in [6, 6.07) is 5.80. The number of ether oxygens (including phenoxy) is 2. The van der Waals surface area contributed by atoms with Crippen LogP contribution in [0.2, 0.25) is 0 Å². The number of rotatable bonds is 5. The Morgan fingerprint density at radius 2 is 2.16 bits per heavy atom. The van der Waals surface area contributed by atoms with Crippen LogP contribution in [0.4, 0.5) is 4.39 Å². The second-order valence-corrected chi connectivity index (χ2v) is 6.19. The van der Waals surface area contributed by atoms with Gasteiger partial charge in [0.15, 0.2) is 5.82 Å². The van der Waals surface area contributed by atoms with Crippen molar-refractivity contribution in [1.29, 1.82) is 0 Å². The molecule has 9 heteroatoms. The van der Waals surface area contributed by atoms with Gasteiger partial charge >= 0.3 is 0 Å². The number of fused-ring (bicyclic) bond motifs is 1. The minimum atomic E-state index is -0.336. The predicted octanol–water partition coefficient (Wildman–Crippen LogP) is 0.754. The number of hydrogen-bond donors (Lipinski definition) is 1. The van der Waals surface area contributed by atoms with Crippen molar-refractivity contribution in [2.45, 2.75) is 44.1 Å². The van der Waals surface area contributed by atoms with Crippen molar-refractivity contribution in [3.8, 4) is 5.69 Å². The van der Waals surface area contributed by atoms with Crippen LogP contribution in [-0.2, 0) is 20.8 Å². The molecule has 8 nitrogen and oxygen atoms in total. The number of nitrogens with zero attached hydrogens (tertiary/aromatic N) is 4. The third kappa shape index (κ3) is 3.52. The fourth-order valence-electron chi connectivity index (χ4n) is 3.25. The quantitative estimate of drug-likeness (QED) is 0.858. The van der Waals surface area contributed by atoms with Crippen LogP contribution < -0.4 is 5.32 Å². The normalized spacial score (nSPS) is 25.1. The van der Waals surface area contributed by atoms with Crippen molar-refractivity contribution in [1.82, 2.24) is 25.5 Å². The number of benzene rings is 1. The van der Waals surface area contributed by atoms with Gasteiger partial charge in [0.05, 0.1) is 37.0 Å². The van der Waals surface area contributed by atoms with Gasteiger partial charge in [0.25, 0.3) is 0 Å². The maximum Gasteiger partial charge on any atom is 0.222 e. The van der Waals surface area contributed by atoms with Crippen molar-refractivity contribution in [3.63, 3.8) is 0 Å². The van der Waals surface area contributed by atoms with E-state index in [1.54, 1.807) is 12.1 Å². The summed E-state index contributed by atoms with van der Waals surface area (Å²) in [6.07, 6.45) is 2.09. The fraction of sp³-hybridized carbons (Fsp3) is 0.500. The molecule has 0 saturated carbocycles. The lowest BCUT2D eigenvalue weighted by Gasteiger charge is -2.12. The number of amides is 1. The summed E-state index contributed by atoms with van der Waals surface area (Å²) in [5.41, 5.74) is 0.625. The molecule has 2 saturated heterocycles. The second-order valence-electron chi connectivity index (χ2n) is 6.19. The highest BCUT2D eigenvalue weighted by molar-refractivity contribution is 5.76. The van der Waals surface area contributed by atoms with Crippen LogP contribution in [0.5, 0.6) is 0 Å². The molecular weight excluding hydrogens is 329 g/mol. The number of nitrogens with one attached hydrogen (secondary N) is 1. The second kappa shape index (κ2) is 6.85. The third-order valence-electron chi connectivity index (χ3n) is 4.47. The predicted molar refractivity (Wildman–Crippen MR) is 83.2 cm³/mol. The molecule has 0 spiro atoms. The van der Waals surface area contributed by atoms with Crippen molar-refractivity contribution in [2.75, 3.05) is 6.61 Å². The Morgan fingerprint density at radius 3 is 2.96 bits per heavy atom. The zero-order valence-corrected chi connectivity index (χ0v) is 13.5. The van der Waals surface area contributed by atoms with Crippen molar-refractivity contribution in [2.24, 2.45) is 0 Å². The molecule has 1 N–H and O–H groups in total. The van der Waals surface area contributed by atoms with E-state index < -0.39 is 0 Å². The lowest BCUT2D eigenvalue weighted by atomic mass is 10.1. The van der Waals surface area contributed by atoms with Crippen LogP contribution in [0.25, 0.3) is 5.69 Å². The van der Waals surface area contributed by atoms with E-state index in [2.05, 4.69) is 20.8 Å². The summed E-state index contributed by atoms with van der Waals surface area (Å²) in [6.45, 7) is 0.916. The van der Waals surface area contributed by atoms with Gasteiger partial charge in [-0.25, -0.2) is 4.39 Å². The Balaban J connectivity index is 1.32. The van der Waals surface area contributed by atoms with Gasteiger partial charge in [-0.15, -0.1) is 5.10 Å². The van der Waals surface area contributed by atoms with Gasteiger partial charge < -0.3 is 14.8 Å². The highest BCUT2D eigenvalue weighted by atomic mass is 19.1. The Kier molecular flexibility index (Phi) is 4.41. The minimum Gasteiger partial charge on any atom is -0.375 e. The number of aromatic nitrogens is 4. The highest BCUT2D eigenvalue weighted by Crippen LogP contribution is 2.31. The topological polar surface area (TPSA) is 91.2 Å². The molecule has 3 unspecified atom stereocenters. The van der Waals surface area contributed by atoms with Crippen LogP contribution in [0, 0.1) is 5.82 Å². The lowest BCUT2D eigenvalue weighted by molar-refractivity contribution is -0.123. The van der Waals surface area contributed by atoms with Crippen LogP contribution in [-0.4, -0.2) is 51.0 Å². The van der Waals surface area contributed by atoms with Crippen molar-refractivity contribution in [3.05, 3.63) is 35.9 Å². The van der Waals surface area contributed by atoms with Gasteiger partial charge in [-0.2, -0.15) is 4.68 Å². The summed E-state index contributed by atoms with van der Waals surface area (Å²) in [5.74, 6) is 0.00289. The summed E-state index contributed by atoms with van der Waals surface area (Å²) in [7, 11) is 0. The Bertz CT molecular complexity index is 738. The first-order valence-corrected chi connectivity index (χ1v) is 8.26. The summed E-state index contributed by atoms with van der Waals surface area (Å²) < 4.78 is 25.9. The van der Waals surface area contributed by atoms with Gasteiger partial charge in [0.1, 0.15) is 5.82 Å². The molecular formula is C16H18FN5O3. The monoisotopic (exact) mass is 347 g/mol. The number of carbonyl (C=O) groups is 1. The molecule has 0 bridgehead atoms. The molecule has 2 aromatic rings. The molecule has 1 amide bonds. The molecule has 0 radical (unpaired) electrons. The number of hydrogen-bond acceptors (Lipinski definition) is 6. The maximum atomic E-state index is 13.0. The smallest absolute Gasteiger partial charge is 0.222 e. The molecule has 1 aromatic carbocycles. The molecule has 132 valence electrons. The summed E-state index contributed by atoms with van der Waals surface area (Å²) in [5, 5.41) is 14.2. The summed E-state index contributed by atoms with van der Waals surface area (Å²) in [4.78, 5) is 12.1. The van der Waals surface area contributed by atoms with Crippen molar-refractivity contribution >= 4 is 5.91 Å². The number of tetrazole rings is 1. The minimum absolute atomic E-state index is 0.108. The van der Waals surface area contributed by atoms with Crippen LogP contribution in [0.3, 0.4) is 0 Å². The van der Waals surface area contributed by atoms with Crippen LogP contribution >= 0.6 is 0 Å².